The first-order valence-electron chi connectivity index (χ1n) is 12.5. The van der Waals surface area contributed by atoms with Crippen molar-refractivity contribution in [2.45, 2.75) is 36.4 Å². The Hall–Kier alpha value is -4.54. The van der Waals surface area contributed by atoms with Gasteiger partial charge in [-0.3, -0.25) is 13.9 Å². The van der Waals surface area contributed by atoms with Crippen LogP contribution in [0.25, 0.3) is 11.1 Å². The van der Waals surface area contributed by atoms with Crippen LogP contribution in [-0.4, -0.2) is 40.8 Å². The van der Waals surface area contributed by atoms with Crippen LogP contribution in [0.15, 0.2) is 101 Å². The molecule has 7 nitrogen and oxygen atoms in total. The Kier molecular flexibility index (Phi) is 8.71. The number of rotatable bonds is 10. The first-order valence-corrected chi connectivity index (χ1v) is 13.9. The van der Waals surface area contributed by atoms with Gasteiger partial charge < -0.3 is 4.18 Å². The summed E-state index contributed by atoms with van der Waals surface area (Å²) in [7, 11) is -7.23. The number of benzene rings is 3. The fourth-order valence-electron chi connectivity index (χ4n) is 4.06. The molecule has 0 unspecified atom stereocenters. The number of hydrogen-bond donors (Lipinski definition) is 0. The van der Waals surface area contributed by atoms with E-state index in [2.05, 4.69) is 4.18 Å². The second kappa shape index (κ2) is 11.8. The third-order valence-electron chi connectivity index (χ3n) is 6.40. The van der Waals surface area contributed by atoms with Crippen molar-refractivity contribution in [1.82, 2.24) is 9.13 Å². The van der Waals surface area contributed by atoms with Gasteiger partial charge in [-0.2, -0.15) is 47.9 Å². The largest absolute Gasteiger partial charge is 0.460 e. The number of aromatic nitrogens is 2. The van der Waals surface area contributed by atoms with Gasteiger partial charge in [-0.15, -0.1) is 0 Å². The van der Waals surface area contributed by atoms with E-state index in [4.69, 9.17) is 0 Å². The average molecular weight is 667 g/mol. The predicted octanol–water partition coefficient (Wildman–Crippen LogP) is 5.91. The van der Waals surface area contributed by atoms with Gasteiger partial charge in [-0.05, 0) is 28.8 Å². The lowest BCUT2D eigenvalue weighted by Gasteiger charge is -2.32. The van der Waals surface area contributed by atoms with Crippen molar-refractivity contribution >= 4 is 10.1 Å². The van der Waals surface area contributed by atoms with Crippen LogP contribution in [0.1, 0.15) is 11.1 Å². The molecule has 0 saturated heterocycles. The molecule has 0 N–H and O–H groups in total. The summed E-state index contributed by atoms with van der Waals surface area (Å²) in [5.41, 5.74) is -1.27. The van der Waals surface area contributed by atoms with Crippen LogP contribution in [0, 0.1) is 0 Å². The van der Waals surface area contributed by atoms with E-state index in [0.717, 1.165) is 27.5 Å². The molecule has 240 valence electrons. The molecule has 0 amide bonds. The molecule has 0 bridgehead atoms. The lowest BCUT2D eigenvalue weighted by molar-refractivity contribution is -0.382. The fraction of sp³-hybridized carbons (Fsp3) is 0.214. The summed E-state index contributed by atoms with van der Waals surface area (Å²) in [5, 5.41) is -7.08. The second-order valence-corrected chi connectivity index (χ2v) is 11.1. The van der Waals surface area contributed by atoms with Gasteiger partial charge in [0.25, 0.3) is 5.56 Å². The van der Waals surface area contributed by atoms with E-state index in [1.54, 1.807) is 60.7 Å². The molecule has 45 heavy (non-hydrogen) atoms. The highest BCUT2D eigenvalue weighted by molar-refractivity contribution is 7.88. The van der Waals surface area contributed by atoms with Gasteiger partial charge in [0.05, 0.1) is 18.7 Å². The Morgan fingerprint density at radius 2 is 1.20 bits per heavy atom. The van der Waals surface area contributed by atoms with Crippen LogP contribution in [0.5, 0.6) is 5.75 Å². The van der Waals surface area contributed by atoms with Gasteiger partial charge in [0.1, 0.15) is 5.75 Å². The van der Waals surface area contributed by atoms with E-state index in [9.17, 15) is 57.5 Å². The SMILES string of the molecule is O=c1c(-c2cccc(OS(=O)(=O)C(F)(F)C(F)(F)C(F)(F)C(F)(F)F)c2)cn(Cc2ccccc2)c(=O)n1Cc1ccccc1. The van der Waals surface area contributed by atoms with Crippen LogP contribution in [-0.2, 0) is 23.2 Å². The topological polar surface area (TPSA) is 87.4 Å². The highest BCUT2D eigenvalue weighted by Crippen LogP contribution is 2.55. The lowest BCUT2D eigenvalue weighted by Crippen LogP contribution is -2.63. The maximum absolute atomic E-state index is 14.2. The molecule has 0 aliphatic heterocycles. The van der Waals surface area contributed by atoms with Crippen molar-refractivity contribution in [3.63, 3.8) is 0 Å². The molecule has 3 aromatic carbocycles. The van der Waals surface area contributed by atoms with E-state index >= 15 is 0 Å². The zero-order chi connectivity index (χ0) is 33.4. The Morgan fingerprint density at radius 3 is 1.73 bits per heavy atom. The highest BCUT2D eigenvalue weighted by Gasteiger charge is 2.86. The van der Waals surface area contributed by atoms with Gasteiger partial charge in [0.2, 0.25) is 0 Å². The Balaban J connectivity index is 1.79. The fourth-order valence-corrected chi connectivity index (χ4v) is 4.97. The van der Waals surface area contributed by atoms with E-state index < -0.39 is 50.4 Å². The Morgan fingerprint density at radius 1 is 0.667 bits per heavy atom. The summed E-state index contributed by atoms with van der Waals surface area (Å²) in [5.74, 6) is -16.2. The maximum Gasteiger partial charge on any atom is 0.460 e. The summed E-state index contributed by atoms with van der Waals surface area (Å²) in [6.45, 7) is -0.332. The van der Waals surface area contributed by atoms with Gasteiger partial charge in [-0.25, -0.2) is 4.79 Å². The van der Waals surface area contributed by atoms with E-state index in [0.29, 0.717) is 23.3 Å². The minimum absolute atomic E-state index is 0.0823. The normalized spacial score (nSPS) is 13.1. The summed E-state index contributed by atoms with van der Waals surface area (Å²) in [4.78, 5) is 26.8. The summed E-state index contributed by atoms with van der Waals surface area (Å²) >= 11 is 0. The molecule has 0 fully saturated rings. The Bertz CT molecular complexity index is 1910. The predicted molar refractivity (Wildman–Crippen MR) is 142 cm³/mol. The number of alkyl halides is 9. The molecule has 4 rings (SSSR count). The molecular weight excluding hydrogens is 647 g/mol. The molecule has 17 heteroatoms. The van der Waals surface area contributed by atoms with Crippen LogP contribution in [0.2, 0.25) is 0 Å². The third kappa shape index (κ3) is 6.21. The van der Waals surface area contributed by atoms with E-state index in [-0.39, 0.29) is 24.2 Å². The molecule has 0 atom stereocenters. The van der Waals surface area contributed by atoms with Crippen molar-refractivity contribution in [2.24, 2.45) is 0 Å². The summed E-state index contributed by atoms with van der Waals surface area (Å²) in [6.07, 6.45) is -6.20. The summed E-state index contributed by atoms with van der Waals surface area (Å²) in [6, 6.07) is 19.7. The summed E-state index contributed by atoms with van der Waals surface area (Å²) < 4.78 is 150. The molecule has 1 heterocycles. The van der Waals surface area contributed by atoms with E-state index in [1.165, 1.54) is 0 Å². The molecular formula is C28H19F9N2O5S. The van der Waals surface area contributed by atoms with Crippen molar-refractivity contribution in [2.75, 3.05) is 0 Å². The maximum atomic E-state index is 14.2. The number of halogens is 9. The number of hydrogen-bond acceptors (Lipinski definition) is 5. The van der Waals surface area contributed by atoms with Crippen LogP contribution in [0.4, 0.5) is 39.5 Å². The third-order valence-corrected chi connectivity index (χ3v) is 7.69. The lowest BCUT2D eigenvalue weighted by atomic mass is 10.1. The second-order valence-electron chi connectivity index (χ2n) is 9.54. The van der Waals surface area contributed by atoms with Gasteiger partial charge >= 0.3 is 39.1 Å². The molecule has 0 saturated carbocycles. The van der Waals surface area contributed by atoms with E-state index in [1.807, 2.05) is 0 Å². The monoisotopic (exact) mass is 666 g/mol. The van der Waals surface area contributed by atoms with Crippen LogP contribution < -0.4 is 15.4 Å². The van der Waals surface area contributed by atoms with Gasteiger partial charge in [0.15, 0.2) is 0 Å². The van der Waals surface area contributed by atoms with Gasteiger partial charge in [0, 0.05) is 6.20 Å². The standard InChI is InChI=1S/C28H19F9N2O5S/c29-25(30,27(33,34)35)26(31,32)28(36,37)45(42,43)44-21-13-7-12-20(14-21)22-17-38(15-18-8-3-1-4-9-18)24(41)39(23(22)40)16-19-10-5-2-6-11-19/h1-14,17H,15-16H2. The zero-order valence-electron chi connectivity index (χ0n) is 22.3. The first kappa shape index (κ1) is 33.4. The molecule has 0 radical (unpaired) electrons. The molecule has 0 aliphatic rings. The van der Waals surface area contributed by atoms with Crippen LogP contribution in [0.3, 0.4) is 0 Å². The van der Waals surface area contributed by atoms with Crippen molar-refractivity contribution in [3.8, 4) is 16.9 Å². The average Bonchev–Trinajstić information content (AvgIpc) is 2.97. The highest BCUT2D eigenvalue weighted by atomic mass is 32.2. The van der Waals surface area contributed by atoms with Gasteiger partial charge in [-0.1, -0.05) is 72.8 Å². The minimum Gasteiger partial charge on any atom is -0.378 e. The molecule has 1 aromatic heterocycles. The first-order chi connectivity index (χ1) is 20.8. The number of nitrogens with zero attached hydrogens (tertiary/aromatic N) is 2. The molecule has 0 spiro atoms. The Labute approximate surface area is 247 Å². The van der Waals surface area contributed by atoms with Crippen molar-refractivity contribution in [3.05, 3.63) is 123 Å². The van der Waals surface area contributed by atoms with Crippen molar-refractivity contribution in [1.29, 1.82) is 0 Å². The quantitative estimate of drug-likeness (QED) is 0.155. The smallest absolute Gasteiger partial charge is 0.378 e. The van der Waals surface area contributed by atoms with Crippen LogP contribution >= 0.6 is 0 Å². The zero-order valence-corrected chi connectivity index (χ0v) is 23.1. The molecule has 4 aromatic rings. The molecule has 0 aliphatic carbocycles. The minimum atomic E-state index is -7.49. The van der Waals surface area contributed by atoms with Crippen molar-refractivity contribution < 1.29 is 52.1 Å².